The highest BCUT2D eigenvalue weighted by molar-refractivity contribution is 5.96. The number of carbonyl (C=O) groups is 3. The van der Waals surface area contributed by atoms with E-state index in [1.165, 1.54) is 0 Å². The summed E-state index contributed by atoms with van der Waals surface area (Å²) < 4.78 is 5.30. The van der Waals surface area contributed by atoms with Crippen molar-refractivity contribution in [2.75, 3.05) is 18.0 Å². The van der Waals surface area contributed by atoms with E-state index in [0.29, 0.717) is 24.9 Å². The Bertz CT molecular complexity index is 792. The summed E-state index contributed by atoms with van der Waals surface area (Å²) in [5.41, 5.74) is 1.44. The van der Waals surface area contributed by atoms with Gasteiger partial charge in [-0.05, 0) is 18.6 Å². The van der Waals surface area contributed by atoms with Gasteiger partial charge < -0.3 is 10.1 Å². The van der Waals surface area contributed by atoms with Crippen LogP contribution >= 0.6 is 0 Å². The number of hydrogen-bond donors (Lipinski definition) is 1. The molecule has 3 rings (SSSR count). The lowest BCUT2D eigenvalue weighted by molar-refractivity contribution is -0.121. The Kier molecular flexibility index (Phi) is 6.20. The molecule has 2 aromatic rings. The van der Waals surface area contributed by atoms with Gasteiger partial charge in [-0.3, -0.25) is 14.5 Å². The van der Waals surface area contributed by atoms with E-state index in [1.54, 1.807) is 17.0 Å². The lowest BCUT2D eigenvalue weighted by Crippen LogP contribution is -2.34. The molecule has 1 N–H and O–H groups in total. The molecular weight excluding hydrogens is 344 g/mol. The first-order valence-electron chi connectivity index (χ1n) is 9.01. The molecule has 0 radical (unpaired) electrons. The van der Waals surface area contributed by atoms with E-state index < -0.39 is 6.09 Å². The van der Waals surface area contributed by atoms with Gasteiger partial charge in [-0.1, -0.05) is 48.5 Å². The third-order valence-corrected chi connectivity index (χ3v) is 4.37. The van der Waals surface area contributed by atoms with Crippen LogP contribution < -0.4 is 10.2 Å². The van der Waals surface area contributed by atoms with Crippen LogP contribution in [0.1, 0.15) is 29.6 Å². The Balaban J connectivity index is 1.37. The van der Waals surface area contributed by atoms with Crippen molar-refractivity contribution in [2.24, 2.45) is 0 Å². The van der Waals surface area contributed by atoms with Crippen molar-refractivity contribution in [1.82, 2.24) is 5.32 Å². The maximum atomic E-state index is 12.0. The summed E-state index contributed by atoms with van der Waals surface area (Å²) >= 11 is 0. The molecular formula is C21H22N2O4. The van der Waals surface area contributed by atoms with Gasteiger partial charge in [0.25, 0.3) is 0 Å². The maximum Gasteiger partial charge on any atom is 0.414 e. The van der Waals surface area contributed by atoms with Crippen LogP contribution in [0.2, 0.25) is 0 Å². The molecule has 1 saturated heterocycles. The predicted molar refractivity (Wildman–Crippen MR) is 102 cm³/mol. The van der Waals surface area contributed by atoms with Gasteiger partial charge in [0.05, 0.1) is 13.1 Å². The van der Waals surface area contributed by atoms with E-state index in [1.807, 2.05) is 48.5 Å². The van der Waals surface area contributed by atoms with Crippen molar-refractivity contribution in [3.05, 3.63) is 66.2 Å². The quantitative estimate of drug-likeness (QED) is 0.728. The van der Waals surface area contributed by atoms with E-state index >= 15 is 0 Å². The van der Waals surface area contributed by atoms with E-state index in [4.69, 9.17) is 4.74 Å². The highest BCUT2D eigenvalue weighted by atomic mass is 16.6. The number of amides is 2. The Morgan fingerprint density at radius 1 is 1.00 bits per heavy atom. The Labute approximate surface area is 158 Å². The van der Waals surface area contributed by atoms with Crippen LogP contribution in [0.4, 0.5) is 10.5 Å². The molecule has 1 heterocycles. The average molecular weight is 366 g/mol. The molecule has 2 aromatic carbocycles. The first-order valence-corrected chi connectivity index (χ1v) is 9.01. The molecule has 1 aliphatic heterocycles. The van der Waals surface area contributed by atoms with Crippen LogP contribution in [0.15, 0.2) is 60.7 Å². The molecule has 6 nitrogen and oxygen atoms in total. The van der Waals surface area contributed by atoms with Crippen molar-refractivity contribution >= 4 is 23.5 Å². The largest absolute Gasteiger partial charge is 0.442 e. The zero-order valence-corrected chi connectivity index (χ0v) is 15.0. The van der Waals surface area contributed by atoms with Gasteiger partial charge in [0.2, 0.25) is 5.91 Å². The van der Waals surface area contributed by atoms with Gasteiger partial charge in [0.1, 0.15) is 6.10 Å². The van der Waals surface area contributed by atoms with Crippen molar-refractivity contribution in [1.29, 1.82) is 0 Å². The fourth-order valence-corrected chi connectivity index (χ4v) is 2.94. The molecule has 0 bridgehead atoms. The highest BCUT2D eigenvalue weighted by Gasteiger charge is 2.32. The van der Waals surface area contributed by atoms with Gasteiger partial charge in [0, 0.05) is 24.1 Å². The second-order valence-corrected chi connectivity index (χ2v) is 6.40. The number of benzene rings is 2. The molecule has 1 unspecified atom stereocenters. The smallest absolute Gasteiger partial charge is 0.414 e. The molecule has 0 aromatic heterocycles. The number of carbonyl (C=O) groups excluding carboxylic acids is 3. The monoisotopic (exact) mass is 366 g/mol. The van der Waals surface area contributed by atoms with Crippen LogP contribution in [-0.2, 0) is 9.53 Å². The van der Waals surface area contributed by atoms with Crippen LogP contribution in [0, 0.1) is 0 Å². The second kappa shape index (κ2) is 8.98. The Morgan fingerprint density at radius 3 is 2.37 bits per heavy atom. The van der Waals surface area contributed by atoms with Crippen LogP contribution in [0.5, 0.6) is 0 Å². The number of rotatable bonds is 8. The summed E-state index contributed by atoms with van der Waals surface area (Å²) in [5, 5.41) is 2.78. The van der Waals surface area contributed by atoms with Crippen molar-refractivity contribution in [3.8, 4) is 0 Å². The Morgan fingerprint density at radius 2 is 1.67 bits per heavy atom. The fourth-order valence-electron chi connectivity index (χ4n) is 2.94. The lowest BCUT2D eigenvalue weighted by Gasteiger charge is -2.12. The number of nitrogens with one attached hydrogen (secondary N) is 1. The van der Waals surface area contributed by atoms with Gasteiger partial charge in [0.15, 0.2) is 5.78 Å². The normalized spacial score (nSPS) is 16.1. The predicted octanol–water partition coefficient (Wildman–Crippen LogP) is 3.18. The number of hydrogen-bond acceptors (Lipinski definition) is 4. The number of ether oxygens (including phenoxy) is 1. The van der Waals surface area contributed by atoms with Gasteiger partial charge in [-0.25, -0.2) is 4.79 Å². The van der Waals surface area contributed by atoms with Crippen molar-refractivity contribution in [3.63, 3.8) is 0 Å². The summed E-state index contributed by atoms with van der Waals surface area (Å²) in [6, 6.07) is 18.3. The molecule has 0 saturated carbocycles. The van der Waals surface area contributed by atoms with Gasteiger partial charge in [-0.2, -0.15) is 0 Å². The van der Waals surface area contributed by atoms with Crippen molar-refractivity contribution in [2.45, 2.75) is 25.4 Å². The number of ketones is 1. The SMILES string of the molecule is O=C(CCCC(=O)c1ccccc1)NCC1CN(c2ccccc2)C(=O)O1. The summed E-state index contributed by atoms with van der Waals surface area (Å²) in [7, 11) is 0. The first kappa shape index (κ1) is 18.6. The molecule has 27 heavy (non-hydrogen) atoms. The topological polar surface area (TPSA) is 75.7 Å². The van der Waals surface area contributed by atoms with Gasteiger partial charge >= 0.3 is 6.09 Å². The summed E-state index contributed by atoms with van der Waals surface area (Å²) in [5.74, 6) is -0.114. The number of cyclic esters (lactones) is 1. The molecule has 6 heteroatoms. The molecule has 1 atom stereocenters. The lowest BCUT2D eigenvalue weighted by atomic mass is 10.1. The third-order valence-electron chi connectivity index (χ3n) is 4.37. The minimum Gasteiger partial charge on any atom is -0.442 e. The average Bonchev–Trinajstić information content (AvgIpc) is 3.08. The summed E-state index contributed by atoms with van der Waals surface area (Å²) in [6.07, 6.45) is 0.293. The van der Waals surface area contributed by atoms with E-state index in [-0.39, 0.29) is 30.8 Å². The van der Waals surface area contributed by atoms with E-state index in [2.05, 4.69) is 5.32 Å². The number of nitrogens with zero attached hydrogens (tertiary/aromatic N) is 1. The van der Waals surface area contributed by atoms with Crippen LogP contribution in [0.3, 0.4) is 0 Å². The summed E-state index contributed by atoms with van der Waals surface area (Å²) in [4.78, 5) is 37.5. The number of para-hydroxylation sites is 1. The highest BCUT2D eigenvalue weighted by Crippen LogP contribution is 2.20. The molecule has 2 amide bonds. The Hall–Kier alpha value is -3.15. The van der Waals surface area contributed by atoms with Gasteiger partial charge in [-0.15, -0.1) is 0 Å². The minimum atomic E-state index is -0.408. The zero-order chi connectivity index (χ0) is 19.1. The molecule has 0 aliphatic carbocycles. The van der Waals surface area contributed by atoms with Crippen LogP contribution in [0.25, 0.3) is 0 Å². The van der Waals surface area contributed by atoms with Crippen molar-refractivity contribution < 1.29 is 19.1 Å². The second-order valence-electron chi connectivity index (χ2n) is 6.40. The number of Topliss-reactive ketones (excluding diaryl/α,β-unsaturated/α-hetero) is 1. The third kappa shape index (κ3) is 5.17. The molecule has 1 aliphatic rings. The van der Waals surface area contributed by atoms with Crippen LogP contribution in [-0.4, -0.2) is 37.0 Å². The van der Waals surface area contributed by atoms with E-state index in [0.717, 1.165) is 5.69 Å². The summed E-state index contributed by atoms with van der Waals surface area (Å²) in [6.45, 7) is 0.663. The molecule has 1 fully saturated rings. The first-order chi connectivity index (χ1) is 13.1. The standard InChI is InChI=1S/C21H22N2O4/c24-19(16-8-3-1-4-9-16)12-7-13-20(25)22-14-18-15-23(21(26)27-18)17-10-5-2-6-11-17/h1-6,8-11,18H,7,12-15H2,(H,22,25). The maximum absolute atomic E-state index is 12.0. The molecule has 140 valence electrons. The zero-order valence-electron chi connectivity index (χ0n) is 15.0. The minimum absolute atomic E-state index is 0.0339. The van der Waals surface area contributed by atoms with E-state index in [9.17, 15) is 14.4 Å². The fraction of sp³-hybridized carbons (Fsp3) is 0.286. The molecule has 0 spiro atoms. The number of anilines is 1.